The predicted octanol–water partition coefficient (Wildman–Crippen LogP) is 3.71. The molecule has 0 aromatic carbocycles. The maximum Gasteiger partial charge on any atom is 0.417 e. The number of fused-ring (bicyclic) bond motifs is 1. The minimum Gasteiger partial charge on any atom is -0.264 e. The van der Waals surface area contributed by atoms with Crippen molar-refractivity contribution < 1.29 is 13.2 Å². The molecule has 0 bridgehead atoms. The zero-order valence-electron chi connectivity index (χ0n) is 10.1. The molecule has 6 heteroatoms. The van der Waals surface area contributed by atoms with Crippen LogP contribution in [0.2, 0.25) is 0 Å². The van der Waals surface area contributed by atoms with Crippen molar-refractivity contribution in [3.05, 3.63) is 54.5 Å². The summed E-state index contributed by atoms with van der Waals surface area (Å²) < 4.78 is 37.4. The van der Waals surface area contributed by atoms with Gasteiger partial charge in [0.25, 0.3) is 0 Å². The standard InChI is InChI=1S/C14H8F3N3/c15-14(16,17)10-2-4-12(19-8-10)13-3-1-9-7-18-6-5-11(9)20-13/h1-8H. The Balaban J connectivity index is 2.02. The summed E-state index contributed by atoms with van der Waals surface area (Å²) in [6.07, 6.45) is -0.284. The number of rotatable bonds is 1. The third-order valence-corrected chi connectivity index (χ3v) is 2.84. The second-order valence-corrected chi connectivity index (χ2v) is 4.19. The quantitative estimate of drug-likeness (QED) is 0.679. The van der Waals surface area contributed by atoms with Crippen molar-refractivity contribution in [2.24, 2.45) is 0 Å². The average Bonchev–Trinajstić information content (AvgIpc) is 2.46. The van der Waals surface area contributed by atoms with E-state index in [0.717, 1.165) is 23.2 Å². The normalized spacial score (nSPS) is 11.8. The van der Waals surface area contributed by atoms with Gasteiger partial charge in [-0.2, -0.15) is 13.2 Å². The lowest BCUT2D eigenvalue weighted by molar-refractivity contribution is -0.137. The summed E-state index contributed by atoms with van der Waals surface area (Å²) in [4.78, 5) is 12.2. The minimum absolute atomic E-state index is 0.400. The van der Waals surface area contributed by atoms with Crippen LogP contribution in [0.25, 0.3) is 22.3 Å². The van der Waals surface area contributed by atoms with Crippen LogP contribution < -0.4 is 0 Å². The van der Waals surface area contributed by atoms with Gasteiger partial charge in [-0.15, -0.1) is 0 Å². The van der Waals surface area contributed by atoms with E-state index in [0.29, 0.717) is 11.4 Å². The third kappa shape index (κ3) is 2.32. The monoisotopic (exact) mass is 275 g/mol. The van der Waals surface area contributed by atoms with Gasteiger partial charge in [0.05, 0.1) is 22.5 Å². The van der Waals surface area contributed by atoms with E-state index >= 15 is 0 Å². The van der Waals surface area contributed by atoms with Crippen molar-refractivity contribution >= 4 is 10.9 Å². The van der Waals surface area contributed by atoms with E-state index < -0.39 is 11.7 Å². The summed E-state index contributed by atoms with van der Waals surface area (Å²) in [5, 5.41) is 0.864. The molecule has 0 radical (unpaired) electrons. The zero-order chi connectivity index (χ0) is 14.2. The largest absolute Gasteiger partial charge is 0.417 e. The molecule has 0 unspecified atom stereocenters. The molecule has 0 aliphatic carbocycles. The van der Waals surface area contributed by atoms with E-state index in [1.54, 1.807) is 24.5 Å². The fourth-order valence-electron chi connectivity index (χ4n) is 1.82. The first kappa shape index (κ1) is 12.5. The highest BCUT2D eigenvalue weighted by Gasteiger charge is 2.30. The highest BCUT2D eigenvalue weighted by molar-refractivity contribution is 5.79. The fourth-order valence-corrected chi connectivity index (χ4v) is 1.82. The summed E-state index contributed by atoms with van der Waals surface area (Å²) in [6.45, 7) is 0. The number of hydrogen-bond donors (Lipinski definition) is 0. The molecule has 3 aromatic rings. The Morgan fingerprint density at radius 3 is 2.35 bits per heavy atom. The van der Waals surface area contributed by atoms with Crippen molar-refractivity contribution in [2.75, 3.05) is 0 Å². The van der Waals surface area contributed by atoms with Gasteiger partial charge in [-0.05, 0) is 30.3 Å². The van der Waals surface area contributed by atoms with Gasteiger partial charge in [0, 0.05) is 24.0 Å². The molecular weight excluding hydrogens is 267 g/mol. The Morgan fingerprint density at radius 2 is 1.65 bits per heavy atom. The minimum atomic E-state index is -4.38. The van der Waals surface area contributed by atoms with Crippen LogP contribution in [0.1, 0.15) is 5.56 Å². The molecule has 0 aliphatic heterocycles. The lowest BCUT2D eigenvalue weighted by atomic mass is 10.2. The zero-order valence-corrected chi connectivity index (χ0v) is 10.1. The molecule has 0 spiro atoms. The molecule has 20 heavy (non-hydrogen) atoms. The summed E-state index contributed by atoms with van der Waals surface area (Å²) >= 11 is 0. The van der Waals surface area contributed by atoms with E-state index in [2.05, 4.69) is 15.0 Å². The Bertz CT molecular complexity index is 751. The first-order chi connectivity index (χ1) is 9.54. The maximum absolute atomic E-state index is 12.5. The number of alkyl halides is 3. The van der Waals surface area contributed by atoms with Crippen LogP contribution >= 0.6 is 0 Å². The summed E-state index contributed by atoms with van der Waals surface area (Å²) in [6, 6.07) is 7.57. The second-order valence-electron chi connectivity index (χ2n) is 4.19. The fraction of sp³-hybridized carbons (Fsp3) is 0.0714. The Kier molecular flexibility index (Phi) is 2.85. The molecule has 0 atom stereocenters. The molecule has 3 rings (SSSR count). The van der Waals surface area contributed by atoms with Crippen LogP contribution in [-0.2, 0) is 6.18 Å². The van der Waals surface area contributed by atoms with Crippen LogP contribution in [0.4, 0.5) is 13.2 Å². The van der Waals surface area contributed by atoms with Gasteiger partial charge in [0.1, 0.15) is 0 Å². The van der Waals surface area contributed by atoms with E-state index in [9.17, 15) is 13.2 Å². The number of pyridine rings is 3. The van der Waals surface area contributed by atoms with Crippen LogP contribution in [0.5, 0.6) is 0 Å². The van der Waals surface area contributed by atoms with Crippen molar-refractivity contribution in [3.63, 3.8) is 0 Å². The summed E-state index contributed by atoms with van der Waals surface area (Å²) in [5.74, 6) is 0. The Morgan fingerprint density at radius 1 is 0.850 bits per heavy atom. The van der Waals surface area contributed by atoms with E-state index in [1.165, 1.54) is 6.07 Å². The lowest BCUT2D eigenvalue weighted by Gasteiger charge is -2.07. The highest BCUT2D eigenvalue weighted by atomic mass is 19.4. The number of halogens is 3. The molecule has 0 amide bonds. The Hall–Kier alpha value is -2.50. The van der Waals surface area contributed by atoms with Gasteiger partial charge >= 0.3 is 6.18 Å². The van der Waals surface area contributed by atoms with Gasteiger partial charge in [-0.3, -0.25) is 9.97 Å². The smallest absolute Gasteiger partial charge is 0.264 e. The van der Waals surface area contributed by atoms with Crippen molar-refractivity contribution in [3.8, 4) is 11.4 Å². The second kappa shape index (κ2) is 4.56. The SMILES string of the molecule is FC(F)(F)c1ccc(-c2ccc3cnccc3n2)nc1. The predicted molar refractivity (Wildman–Crippen MR) is 67.8 cm³/mol. The van der Waals surface area contributed by atoms with Crippen molar-refractivity contribution in [2.45, 2.75) is 6.18 Å². The topological polar surface area (TPSA) is 38.7 Å². The molecule has 3 nitrogen and oxygen atoms in total. The molecule has 0 fully saturated rings. The van der Waals surface area contributed by atoms with Crippen LogP contribution in [0, 0.1) is 0 Å². The molecule has 0 aliphatic rings. The lowest BCUT2D eigenvalue weighted by Crippen LogP contribution is -2.05. The highest BCUT2D eigenvalue weighted by Crippen LogP contribution is 2.29. The number of nitrogens with zero attached hydrogens (tertiary/aromatic N) is 3. The Labute approximate surface area is 112 Å². The molecule has 0 saturated carbocycles. The summed E-state index contributed by atoms with van der Waals surface area (Å²) in [5.41, 5.74) is 0.875. The van der Waals surface area contributed by atoms with Crippen molar-refractivity contribution in [1.82, 2.24) is 15.0 Å². The number of aromatic nitrogens is 3. The average molecular weight is 275 g/mol. The van der Waals surface area contributed by atoms with Gasteiger partial charge in [-0.1, -0.05) is 0 Å². The van der Waals surface area contributed by atoms with Crippen LogP contribution in [0.15, 0.2) is 48.9 Å². The molecule has 3 heterocycles. The van der Waals surface area contributed by atoms with Gasteiger partial charge in [-0.25, -0.2) is 4.98 Å². The van der Waals surface area contributed by atoms with Gasteiger partial charge in [0.2, 0.25) is 0 Å². The van der Waals surface area contributed by atoms with Crippen LogP contribution in [-0.4, -0.2) is 15.0 Å². The van der Waals surface area contributed by atoms with E-state index in [4.69, 9.17) is 0 Å². The first-order valence-electron chi connectivity index (χ1n) is 5.78. The maximum atomic E-state index is 12.5. The molecule has 0 saturated heterocycles. The summed E-state index contributed by atoms with van der Waals surface area (Å²) in [7, 11) is 0. The molecule has 3 aromatic heterocycles. The van der Waals surface area contributed by atoms with Crippen LogP contribution in [0.3, 0.4) is 0 Å². The van der Waals surface area contributed by atoms with Crippen molar-refractivity contribution in [1.29, 1.82) is 0 Å². The third-order valence-electron chi connectivity index (χ3n) is 2.84. The van der Waals surface area contributed by atoms with Gasteiger partial charge in [0.15, 0.2) is 0 Å². The first-order valence-corrected chi connectivity index (χ1v) is 5.78. The van der Waals surface area contributed by atoms with Gasteiger partial charge < -0.3 is 0 Å². The molecular formula is C14H8F3N3. The number of hydrogen-bond acceptors (Lipinski definition) is 3. The molecule has 0 N–H and O–H groups in total. The van der Waals surface area contributed by atoms with E-state index in [1.807, 2.05) is 6.07 Å². The molecule has 100 valence electrons. The van der Waals surface area contributed by atoms with E-state index in [-0.39, 0.29) is 0 Å².